The van der Waals surface area contributed by atoms with Crippen LogP contribution in [0.3, 0.4) is 0 Å². The van der Waals surface area contributed by atoms with Crippen LogP contribution in [0.4, 0.5) is 5.69 Å². The monoisotopic (exact) mass is 336 g/mol. The minimum atomic E-state index is -0.427. The summed E-state index contributed by atoms with van der Waals surface area (Å²) in [7, 11) is 0. The van der Waals surface area contributed by atoms with Gasteiger partial charge in [0.25, 0.3) is 0 Å². The number of nitrogens with zero attached hydrogens (tertiary/aromatic N) is 4. The van der Waals surface area contributed by atoms with Crippen molar-refractivity contribution in [2.45, 2.75) is 44.7 Å². The number of nitrogens with two attached hydrogens (primary N) is 2. The molecule has 4 rings (SSSR count). The zero-order valence-electron chi connectivity index (χ0n) is 14.5. The molecule has 0 amide bonds. The van der Waals surface area contributed by atoms with Gasteiger partial charge in [0.1, 0.15) is 5.66 Å². The van der Waals surface area contributed by atoms with Gasteiger partial charge in [0.2, 0.25) is 11.9 Å². The minimum Gasteiger partial charge on any atom is -0.369 e. The van der Waals surface area contributed by atoms with Crippen LogP contribution in [0.2, 0.25) is 0 Å². The van der Waals surface area contributed by atoms with Crippen molar-refractivity contribution in [3.8, 4) is 5.69 Å². The third-order valence-corrected chi connectivity index (χ3v) is 5.11. The zero-order valence-corrected chi connectivity index (χ0v) is 14.5. The lowest BCUT2D eigenvalue weighted by Crippen LogP contribution is -2.58. The summed E-state index contributed by atoms with van der Waals surface area (Å²) < 4.78 is 2.10. The summed E-state index contributed by atoms with van der Waals surface area (Å²) in [6, 6.07) is 10.4. The Balaban J connectivity index is 1.90. The summed E-state index contributed by atoms with van der Waals surface area (Å²) in [6.45, 7) is 2.09. The molecule has 1 aliphatic carbocycles. The first-order valence-corrected chi connectivity index (χ1v) is 8.83. The molecule has 2 aromatic rings. The maximum absolute atomic E-state index is 6.39. The highest BCUT2D eigenvalue weighted by Gasteiger charge is 2.43. The molecule has 130 valence electrons. The van der Waals surface area contributed by atoms with Crippen LogP contribution < -0.4 is 16.4 Å². The normalized spacial score (nSPS) is 19.6. The van der Waals surface area contributed by atoms with Crippen LogP contribution in [0.5, 0.6) is 0 Å². The van der Waals surface area contributed by atoms with Crippen LogP contribution in [0, 0.1) is 6.92 Å². The van der Waals surface area contributed by atoms with Gasteiger partial charge in [-0.1, -0.05) is 12.5 Å². The molecule has 1 fully saturated rings. The Morgan fingerprint density at radius 1 is 1.00 bits per heavy atom. The van der Waals surface area contributed by atoms with E-state index in [9.17, 15) is 0 Å². The molecular weight excluding hydrogens is 312 g/mol. The molecule has 2 aliphatic rings. The number of rotatable bonds is 2. The van der Waals surface area contributed by atoms with Gasteiger partial charge in [-0.25, -0.2) is 4.99 Å². The molecule has 4 N–H and O–H groups in total. The highest BCUT2D eigenvalue weighted by atomic mass is 15.4. The standard InChI is InChI=1S/C19H24N6/c1-14-7-8-15(24-11-5-6-12-24)16(13-14)25-18(21)22-17(20)23-19(25)9-3-2-4-10-19/h5-8,11-13H,2-4,9-10H2,1H3,(H4,20,21,22,23). The van der Waals surface area contributed by atoms with Gasteiger partial charge in [-0.3, -0.25) is 4.90 Å². The molecule has 2 heterocycles. The lowest BCUT2D eigenvalue weighted by molar-refractivity contribution is 0.305. The largest absolute Gasteiger partial charge is 0.369 e. The summed E-state index contributed by atoms with van der Waals surface area (Å²) in [5, 5.41) is 0. The predicted octanol–water partition coefficient (Wildman–Crippen LogP) is 2.90. The molecule has 1 spiro atoms. The van der Waals surface area contributed by atoms with Gasteiger partial charge in [-0.05, 0) is 62.4 Å². The highest BCUT2D eigenvalue weighted by molar-refractivity contribution is 6.06. The second-order valence-corrected chi connectivity index (χ2v) is 6.90. The highest BCUT2D eigenvalue weighted by Crippen LogP contribution is 2.41. The van der Waals surface area contributed by atoms with Crippen molar-refractivity contribution in [2.24, 2.45) is 21.5 Å². The van der Waals surface area contributed by atoms with Crippen LogP contribution in [0.1, 0.15) is 37.7 Å². The van der Waals surface area contributed by atoms with Crippen LogP contribution >= 0.6 is 0 Å². The molecule has 1 aromatic heterocycles. The first-order chi connectivity index (χ1) is 12.1. The Morgan fingerprint density at radius 2 is 1.72 bits per heavy atom. The van der Waals surface area contributed by atoms with E-state index in [1.165, 1.54) is 12.0 Å². The second-order valence-electron chi connectivity index (χ2n) is 6.90. The maximum atomic E-state index is 6.39. The fourth-order valence-electron chi connectivity index (χ4n) is 4.00. The average molecular weight is 336 g/mol. The van der Waals surface area contributed by atoms with Crippen LogP contribution in [-0.2, 0) is 0 Å². The molecule has 0 bridgehead atoms. The van der Waals surface area contributed by atoms with Crippen molar-refractivity contribution in [1.82, 2.24) is 4.57 Å². The van der Waals surface area contributed by atoms with Gasteiger partial charge in [0, 0.05) is 12.4 Å². The van der Waals surface area contributed by atoms with Crippen molar-refractivity contribution in [3.05, 3.63) is 48.3 Å². The van der Waals surface area contributed by atoms with Gasteiger partial charge in [0.05, 0.1) is 11.4 Å². The molecular formula is C19H24N6. The summed E-state index contributed by atoms with van der Waals surface area (Å²) in [5.74, 6) is 0.708. The Labute approximate surface area is 147 Å². The number of aromatic nitrogens is 1. The van der Waals surface area contributed by atoms with Crippen LogP contribution in [0.15, 0.2) is 52.7 Å². The van der Waals surface area contributed by atoms with E-state index in [2.05, 4.69) is 39.6 Å². The van der Waals surface area contributed by atoms with Crippen LogP contribution in [-0.4, -0.2) is 22.1 Å². The van der Waals surface area contributed by atoms with Crippen molar-refractivity contribution < 1.29 is 0 Å². The van der Waals surface area contributed by atoms with E-state index >= 15 is 0 Å². The SMILES string of the molecule is Cc1ccc(-n2cccc2)c(N2C(N)=NC(N)=NC23CCCCC3)c1. The maximum Gasteiger partial charge on any atom is 0.220 e. The Hall–Kier alpha value is -2.76. The smallest absolute Gasteiger partial charge is 0.220 e. The molecule has 0 unspecified atom stereocenters. The molecule has 1 aromatic carbocycles. The number of benzene rings is 1. The second kappa shape index (κ2) is 5.95. The topological polar surface area (TPSA) is 84.9 Å². The fourth-order valence-corrected chi connectivity index (χ4v) is 4.00. The number of aryl methyl sites for hydroxylation is 1. The molecule has 1 saturated carbocycles. The third kappa shape index (κ3) is 2.67. The van der Waals surface area contributed by atoms with E-state index in [0.717, 1.165) is 37.1 Å². The molecule has 6 nitrogen and oxygen atoms in total. The molecule has 6 heteroatoms. The third-order valence-electron chi connectivity index (χ3n) is 5.11. The summed E-state index contributed by atoms with van der Waals surface area (Å²) in [4.78, 5) is 11.2. The first-order valence-electron chi connectivity index (χ1n) is 8.83. The van der Waals surface area contributed by atoms with E-state index in [0.29, 0.717) is 5.96 Å². The first kappa shape index (κ1) is 15.7. The Bertz CT molecular complexity index is 828. The Kier molecular flexibility index (Phi) is 3.75. The molecule has 0 radical (unpaired) electrons. The number of hydrogen-bond acceptors (Lipinski definition) is 5. The van der Waals surface area contributed by atoms with Crippen molar-refractivity contribution in [2.75, 3.05) is 4.90 Å². The van der Waals surface area contributed by atoms with E-state index in [-0.39, 0.29) is 5.96 Å². The number of anilines is 1. The fraction of sp³-hybridized carbons (Fsp3) is 0.368. The van der Waals surface area contributed by atoms with Gasteiger partial charge >= 0.3 is 0 Å². The molecule has 0 saturated heterocycles. The van der Waals surface area contributed by atoms with Gasteiger partial charge in [-0.15, -0.1) is 0 Å². The lowest BCUT2D eigenvalue weighted by atomic mass is 9.87. The molecule has 1 aliphatic heterocycles. The number of guanidine groups is 2. The molecule has 25 heavy (non-hydrogen) atoms. The lowest BCUT2D eigenvalue weighted by Gasteiger charge is -2.46. The summed E-state index contributed by atoms with van der Waals surface area (Å²) in [5.41, 5.74) is 15.2. The van der Waals surface area contributed by atoms with E-state index in [1.54, 1.807) is 0 Å². The van der Waals surface area contributed by atoms with Crippen molar-refractivity contribution in [3.63, 3.8) is 0 Å². The minimum absolute atomic E-state index is 0.283. The number of aliphatic imine (C=N–C) groups is 2. The number of hydrogen-bond donors (Lipinski definition) is 2. The zero-order chi connectivity index (χ0) is 17.4. The van der Waals surface area contributed by atoms with Gasteiger partial charge in [-0.2, -0.15) is 4.99 Å². The Morgan fingerprint density at radius 3 is 2.44 bits per heavy atom. The van der Waals surface area contributed by atoms with Crippen LogP contribution in [0.25, 0.3) is 5.69 Å². The average Bonchev–Trinajstić information content (AvgIpc) is 3.09. The summed E-state index contributed by atoms with van der Waals surface area (Å²) >= 11 is 0. The van der Waals surface area contributed by atoms with Gasteiger partial charge in [0.15, 0.2) is 0 Å². The van der Waals surface area contributed by atoms with E-state index in [1.807, 2.05) is 24.5 Å². The van der Waals surface area contributed by atoms with E-state index < -0.39 is 5.66 Å². The predicted molar refractivity (Wildman–Crippen MR) is 102 cm³/mol. The molecule has 0 atom stereocenters. The van der Waals surface area contributed by atoms with Crippen molar-refractivity contribution in [1.29, 1.82) is 0 Å². The quantitative estimate of drug-likeness (QED) is 0.884. The van der Waals surface area contributed by atoms with Crippen molar-refractivity contribution >= 4 is 17.6 Å². The van der Waals surface area contributed by atoms with Gasteiger partial charge < -0.3 is 16.0 Å². The van der Waals surface area contributed by atoms with E-state index in [4.69, 9.17) is 16.5 Å². The summed E-state index contributed by atoms with van der Waals surface area (Å²) in [6.07, 6.45) is 9.40.